The summed E-state index contributed by atoms with van der Waals surface area (Å²) in [5, 5.41) is 8.62. The minimum atomic E-state index is 0. The Kier molecular flexibility index (Phi) is 8.30. The molecule has 0 N–H and O–H groups in total. The van der Waals surface area contributed by atoms with E-state index in [1.54, 1.807) is 0 Å². The van der Waals surface area contributed by atoms with E-state index < -0.39 is 0 Å². The maximum absolute atomic E-state index is 8.62. The van der Waals surface area contributed by atoms with Gasteiger partial charge in [-0.2, -0.15) is 5.26 Å². The van der Waals surface area contributed by atoms with Crippen molar-refractivity contribution in [2.24, 2.45) is 0 Å². The largest absolute Gasteiger partial charge is 1.00 e. The lowest BCUT2D eigenvalue weighted by Crippen LogP contribution is -3.00. The number of nitrogens with zero attached hydrogens (tertiary/aromatic N) is 2. The van der Waals surface area contributed by atoms with Crippen LogP contribution in [0.5, 0.6) is 0 Å². The molecule has 0 saturated heterocycles. The van der Waals surface area contributed by atoms with Gasteiger partial charge in [0.15, 0.2) is 12.4 Å². The highest BCUT2D eigenvalue weighted by atomic mass is 127. The van der Waals surface area contributed by atoms with Crippen LogP contribution < -0.4 is 28.5 Å². The van der Waals surface area contributed by atoms with Crippen LogP contribution in [-0.4, -0.2) is 0 Å². The lowest BCUT2D eigenvalue weighted by atomic mass is 10.2. The number of aryl methyl sites for hydroxylation is 1. The summed E-state index contributed by atoms with van der Waals surface area (Å²) in [6, 6.07) is 5.84. The van der Waals surface area contributed by atoms with Crippen LogP contribution in [0.3, 0.4) is 0 Å². The Morgan fingerprint density at radius 2 is 1.87 bits per heavy atom. The minimum absolute atomic E-state index is 0. The molecule has 0 aromatic carbocycles. The zero-order valence-electron chi connectivity index (χ0n) is 9.12. The second-order valence-electron chi connectivity index (χ2n) is 3.50. The molecule has 0 aliphatic carbocycles. The van der Waals surface area contributed by atoms with E-state index in [0.29, 0.717) is 0 Å². The summed E-state index contributed by atoms with van der Waals surface area (Å²) in [6.45, 7) is 3.28. The average molecular weight is 316 g/mol. The van der Waals surface area contributed by atoms with Gasteiger partial charge in [0.1, 0.15) is 6.54 Å². The van der Waals surface area contributed by atoms with Crippen LogP contribution in [0.2, 0.25) is 0 Å². The first-order valence-corrected chi connectivity index (χ1v) is 5.26. The maximum atomic E-state index is 8.62. The monoisotopic (exact) mass is 316 g/mol. The Hall–Kier alpha value is -0.630. The van der Waals surface area contributed by atoms with E-state index >= 15 is 0 Å². The third-order valence-electron chi connectivity index (χ3n) is 2.29. The molecule has 0 aliphatic heterocycles. The van der Waals surface area contributed by atoms with Crippen molar-refractivity contribution in [3.05, 3.63) is 30.1 Å². The smallest absolute Gasteiger partial charge is 0.170 e. The second-order valence-corrected chi connectivity index (χ2v) is 3.50. The van der Waals surface area contributed by atoms with Crippen LogP contribution in [0.25, 0.3) is 0 Å². The fourth-order valence-corrected chi connectivity index (χ4v) is 1.40. The van der Waals surface area contributed by atoms with Crippen LogP contribution in [-0.2, 0) is 6.54 Å². The highest BCUT2D eigenvalue weighted by Crippen LogP contribution is 1.98. The molecule has 0 fully saturated rings. The van der Waals surface area contributed by atoms with E-state index in [4.69, 9.17) is 5.26 Å². The SMILES string of the molecule is CCCCCC[n+]1ccc(C#N)cc1.[I-]. The summed E-state index contributed by atoms with van der Waals surface area (Å²) in [6.07, 6.45) is 9.07. The van der Waals surface area contributed by atoms with Crippen LogP contribution in [0.1, 0.15) is 38.2 Å². The van der Waals surface area contributed by atoms with Gasteiger partial charge in [-0.3, -0.25) is 0 Å². The van der Waals surface area contributed by atoms with Crippen LogP contribution in [0.4, 0.5) is 0 Å². The van der Waals surface area contributed by atoms with E-state index in [2.05, 4.69) is 17.6 Å². The predicted octanol–water partition coefficient (Wildman–Crippen LogP) is -0.570. The lowest BCUT2D eigenvalue weighted by Gasteiger charge is -1.96. The Balaban J connectivity index is 0.00000196. The summed E-state index contributed by atoms with van der Waals surface area (Å²) in [5.41, 5.74) is 0.731. The molecule has 2 nitrogen and oxygen atoms in total. The Morgan fingerprint density at radius 3 is 2.40 bits per heavy atom. The second kappa shape index (κ2) is 8.66. The van der Waals surface area contributed by atoms with Gasteiger partial charge < -0.3 is 24.0 Å². The van der Waals surface area contributed by atoms with Gasteiger partial charge in [0.05, 0.1) is 11.6 Å². The normalized spacial score (nSPS) is 9.07. The van der Waals surface area contributed by atoms with Crippen molar-refractivity contribution in [2.75, 3.05) is 0 Å². The standard InChI is InChI=1S/C12H17N2.HI/c1-2-3-4-5-8-14-9-6-12(11-13)7-10-14;/h6-7,9-10H,2-5,8H2,1H3;1H/q+1;/p-1. The first kappa shape index (κ1) is 14.4. The number of rotatable bonds is 5. The molecule has 0 aliphatic rings. The number of hydrogen-bond acceptors (Lipinski definition) is 1. The van der Waals surface area contributed by atoms with Crippen LogP contribution in [0, 0.1) is 11.3 Å². The molecule has 0 amide bonds. The van der Waals surface area contributed by atoms with Crippen molar-refractivity contribution >= 4 is 0 Å². The van der Waals surface area contributed by atoms with Gasteiger partial charge in [-0.25, -0.2) is 4.57 Å². The van der Waals surface area contributed by atoms with Crippen molar-refractivity contribution in [2.45, 2.75) is 39.2 Å². The van der Waals surface area contributed by atoms with Gasteiger partial charge in [0, 0.05) is 18.6 Å². The fourth-order valence-electron chi connectivity index (χ4n) is 1.40. The minimum Gasteiger partial charge on any atom is -1.00 e. The number of nitriles is 1. The van der Waals surface area contributed by atoms with Gasteiger partial charge >= 0.3 is 0 Å². The van der Waals surface area contributed by atoms with Crippen LogP contribution in [0.15, 0.2) is 24.5 Å². The van der Waals surface area contributed by atoms with Crippen molar-refractivity contribution in [3.8, 4) is 6.07 Å². The van der Waals surface area contributed by atoms with Crippen LogP contribution >= 0.6 is 0 Å². The molecule has 0 atom stereocenters. The van der Waals surface area contributed by atoms with E-state index in [1.165, 1.54) is 25.7 Å². The van der Waals surface area contributed by atoms with Gasteiger partial charge in [0.2, 0.25) is 0 Å². The quantitative estimate of drug-likeness (QED) is 0.406. The third kappa shape index (κ3) is 5.73. The Bertz CT molecular complexity index is 300. The van der Waals surface area contributed by atoms with E-state index in [0.717, 1.165) is 12.1 Å². The molecule has 1 aromatic heterocycles. The molecule has 82 valence electrons. The molecule has 0 saturated carbocycles. The first-order valence-electron chi connectivity index (χ1n) is 5.26. The van der Waals surface area contributed by atoms with Crippen molar-refractivity contribution in [1.29, 1.82) is 5.26 Å². The molecule has 1 aromatic rings. The fraction of sp³-hybridized carbons (Fsp3) is 0.500. The molecular weight excluding hydrogens is 299 g/mol. The molecular formula is C12H17IN2. The number of aromatic nitrogens is 1. The molecule has 0 radical (unpaired) electrons. The molecule has 15 heavy (non-hydrogen) atoms. The molecule has 0 spiro atoms. The summed E-state index contributed by atoms with van der Waals surface area (Å²) in [7, 11) is 0. The summed E-state index contributed by atoms with van der Waals surface area (Å²) in [5.74, 6) is 0. The molecule has 1 rings (SSSR count). The molecule has 0 unspecified atom stereocenters. The van der Waals surface area contributed by atoms with Gasteiger partial charge in [-0.1, -0.05) is 19.8 Å². The van der Waals surface area contributed by atoms with Crippen molar-refractivity contribution in [1.82, 2.24) is 0 Å². The number of halogens is 1. The zero-order chi connectivity index (χ0) is 10.2. The molecule has 1 heterocycles. The zero-order valence-corrected chi connectivity index (χ0v) is 11.3. The van der Waals surface area contributed by atoms with E-state index in [-0.39, 0.29) is 24.0 Å². The molecule has 0 bridgehead atoms. The topological polar surface area (TPSA) is 27.7 Å². The van der Waals surface area contributed by atoms with E-state index in [9.17, 15) is 0 Å². The van der Waals surface area contributed by atoms with Gasteiger partial charge in [-0.05, 0) is 6.42 Å². The summed E-state index contributed by atoms with van der Waals surface area (Å²) >= 11 is 0. The first-order chi connectivity index (χ1) is 6.86. The number of hydrogen-bond donors (Lipinski definition) is 0. The summed E-state index contributed by atoms with van der Waals surface area (Å²) < 4.78 is 2.14. The highest BCUT2D eigenvalue weighted by molar-refractivity contribution is 5.23. The lowest BCUT2D eigenvalue weighted by molar-refractivity contribution is -0.697. The number of pyridine rings is 1. The third-order valence-corrected chi connectivity index (χ3v) is 2.29. The maximum Gasteiger partial charge on any atom is 0.170 e. The Morgan fingerprint density at radius 1 is 1.20 bits per heavy atom. The Labute approximate surface area is 109 Å². The predicted molar refractivity (Wildman–Crippen MR) is 55.5 cm³/mol. The number of unbranched alkanes of at least 4 members (excludes halogenated alkanes) is 3. The van der Waals surface area contributed by atoms with Gasteiger partial charge in [-0.15, -0.1) is 0 Å². The molecule has 3 heteroatoms. The van der Waals surface area contributed by atoms with Gasteiger partial charge in [0.25, 0.3) is 0 Å². The summed E-state index contributed by atoms with van der Waals surface area (Å²) in [4.78, 5) is 0. The van der Waals surface area contributed by atoms with Crippen molar-refractivity contribution in [3.63, 3.8) is 0 Å². The average Bonchev–Trinajstić information content (AvgIpc) is 2.25. The highest BCUT2D eigenvalue weighted by Gasteiger charge is 1.99. The van der Waals surface area contributed by atoms with Crippen molar-refractivity contribution < 1.29 is 28.5 Å². The van der Waals surface area contributed by atoms with E-state index in [1.807, 2.05) is 24.5 Å².